The summed E-state index contributed by atoms with van der Waals surface area (Å²) >= 11 is 0. The molecular weight excluding hydrogens is 382 g/mol. The highest BCUT2D eigenvalue weighted by Gasteiger charge is 2.61. The number of esters is 1. The lowest BCUT2D eigenvalue weighted by atomic mass is 9.47. The maximum Gasteiger partial charge on any atom is 0.312 e. The lowest BCUT2D eigenvalue weighted by molar-refractivity contribution is -0.178. The average molecular weight is 409 g/mol. The van der Waals surface area contributed by atoms with E-state index in [9.17, 15) is 9.59 Å². The molecule has 2 unspecified atom stereocenters. The molecule has 4 fully saturated rings. The monoisotopic (exact) mass is 409 g/mol. The highest BCUT2D eigenvalue weighted by molar-refractivity contribution is 5.79. The Morgan fingerprint density at radius 2 is 1.87 bits per heavy atom. The Morgan fingerprint density at radius 1 is 1.17 bits per heavy atom. The molecule has 30 heavy (non-hydrogen) atoms. The topological polar surface area (TPSA) is 94.3 Å². The summed E-state index contributed by atoms with van der Waals surface area (Å²) in [5.74, 6) is 1.52. The number of nitrogens with one attached hydrogen (secondary N) is 1. The molecule has 0 aliphatic heterocycles. The molecule has 7 nitrogen and oxygen atoms in total. The van der Waals surface area contributed by atoms with Gasteiger partial charge >= 0.3 is 5.97 Å². The van der Waals surface area contributed by atoms with Crippen LogP contribution in [0.4, 0.5) is 0 Å². The lowest BCUT2D eigenvalue weighted by Crippen LogP contribution is -2.64. The molecule has 1 N–H and O–H groups in total. The zero-order valence-corrected chi connectivity index (χ0v) is 17.4. The average Bonchev–Trinajstić information content (AvgIpc) is 3.13. The van der Waals surface area contributed by atoms with Crippen LogP contribution in [0.3, 0.4) is 0 Å². The number of rotatable bonds is 5. The van der Waals surface area contributed by atoms with Crippen LogP contribution < -0.4 is 5.32 Å². The van der Waals surface area contributed by atoms with Crippen molar-refractivity contribution >= 4 is 11.9 Å². The number of aryl methyl sites for hydroxylation is 1. The zero-order chi connectivity index (χ0) is 20.9. The molecule has 1 aromatic heterocycles. The molecule has 1 amide bonds. The highest BCUT2D eigenvalue weighted by Crippen LogP contribution is 2.62. The molecule has 158 valence electrons. The molecule has 0 spiro atoms. The molecular formula is C23H27N3O4. The van der Waals surface area contributed by atoms with E-state index in [4.69, 9.17) is 9.26 Å². The summed E-state index contributed by atoms with van der Waals surface area (Å²) in [7, 11) is 0. The lowest BCUT2D eigenvalue weighted by Gasteiger charge is -2.60. The molecule has 4 aliphatic rings. The Labute approximate surface area is 175 Å². The van der Waals surface area contributed by atoms with Crippen molar-refractivity contribution in [1.82, 2.24) is 15.5 Å². The Bertz CT molecular complexity index is 967. The van der Waals surface area contributed by atoms with E-state index in [1.54, 1.807) is 6.92 Å². The van der Waals surface area contributed by atoms with Gasteiger partial charge < -0.3 is 14.6 Å². The summed E-state index contributed by atoms with van der Waals surface area (Å²) < 4.78 is 11.0. The van der Waals surface area contributed by atoms with Gasteiger partial charge in [-0.25, -0.2) is 0 Å². The summed E-state index contributed by atoms with van der Waals surface area (Å²) in [5, 5.41) is 7.18. The molecule has 4 aliphatic carbocycles. The van der Waals surface area contributed by atoms with Gasteiger partial charge in [0.05, 0.1) is 5.41 Å². The van der Waals surface area contributed by atoms with Crippen molar-refractivity contribution in [1.29, 1.82) is 0 Å². The third-order valence-electron chi connectivity index (χ3n) is 7.04. The van der Waals surface area contributed by atoms with E-state index in [1.165, 1.54) is 0 Å². The second-order valence-electron chi connectivity index (χ2n) is 9.66. The van der Waals surface area contributed by atoms with Gasteiger partial charge in [0.15, 0.2) is 6.61 Å². The van der Waals surface area contributed by atoms with Crippen LogP contribution in [0.5, 0.6) is 0 Å². The first-order valence-electron chi connectivity index (χ1n) is 10.7. The molecule has 0 saturated heterocycles. The number of nitrogens with zero attached hydrogens (tertiary/aromatic N) is 2. The Kier molecular flexibility index (Phi) is 4.45. The van der Waals surface area contributed by atoms with Crippen LogP contribution in [0.1, 0.15) is 56.9 Å². The van der Waals surface area contributed by atoms with Gasteiger partial charge in [-0.2, -0.15) is 4.98 Å². The van der Waals surface area contributed by atoms with Crippen LogP contribution in [-0.4, -0.2) is 27.6 Å². The molecule has 6 rings (SSSR count). The van der Waals surface area contributed by atoms with Gasteiger partial charge in [0.2, 0.25) is 11.7 Å². The summed E-state index contributed by atoms with van der Waals surface area (Å²) in [6.07, 6.45) is 5.47. The van der Waals surface area contributed by atoms with Crippen molar-refractivity contribution in [3.63, 3.8) is 0 Å². The Balaban J connectivity index is 1.28. The number of carbonyl (C=O) groups is 2. The van der Waals surface area contributed by atoms with Crippen LogP contribution >= 0.6 is 0 Å². The first kappa shape index (κ1) is 19.3. The molecule has 2 aromatic rings. The zero-order valence-electron chi connectivity index (χ0n) is 17.4. The number of hydrogen-bond donors (Lipinski definition) is 1. The maximum absolute atomic E-state index is 13.2. The van der Waals surface area contributed by atoms with Crippen molar-refractivity contribution < 1.29 is 18.8 Å². The standard InChI is InChI=1S/C23H27N3O4/c1-14-3-5-18(6-4-14)20-24-19(30-26-20)12-29-21(28)22-8-16-7-17(9-22)11-23(10-16,13-22)25-15(2)27/h3-6,16-17H,7-13H2,1-2H3,(H,25,27). The quantitative estimate of drug-likeness (QED) is 0.759. The van der Waals surface area contributed by atoms with E-state index >= 15 is 0 Å². The third kappa shape index (κ3) is 3.40. The van der Waals surface area contributed by atoms with E-state index in [-0.39, 0.29) is 24.0 Å². The number of hydrogen-bond acceptors (Lipinski definition) is 6. The minimum Gasteiger partial charge on any atom is -0.455 e. The predicted octanol–water partition coefficient (Wildman–Crippen LogP) is 3.56. The summed E-state index contributed by atoms with van der Waals surface area (Å²) in [6, 6.07) is 7.85. The second kappa shape index (κ2) is 6.93. The van der Waals surface area contributed by atoms with E-state index in [0.717, 1.165) is 43.2 Å². The highest BCUT2D eigenvalue weighted by atomic mass is 16.6. The number of aromatic nitrogens is 2. The van der Waals surface area contributed by atoms with Crippen molar-refractivity contribution in [2.45, 2.75) is 64.5 Å². The van der Waals surface area contributed by atoms with Crippen molar-refractivity contribution in [2.75, 3.05) is 0 Å². The number of amides is 1. The predicted molar refractivity (Wildman–Crippen MR) is 108 cm³/mol. The van der Waals surface area contributed by atoms with Gasteiger partial charge in [-0.05, 0) is 57.3 Å². The molecule has 4 saturated carbocycles. The van der Waals surface area contributed by atoms with E-state index < -0.39 is 5.41 Å². The number of ether oxygens (including phenoxy) is 1. The molecule has 1 heterocycles. The van der Waals surface area contributed by atoms with Crippen molar-refractivity contribution in [3.8, 4) is 11.4 Å². The van der Waals surface area contributed by atoms with Gasteiger partial charge in [0, 0.05) is 18.0 Å². The van der Waals surface area contributed by atoms with Crippen molar-refractivity contribution in [2.24, 2.45) is 17.3 Å². The van der Waals surface area contributed by atoms with Gasteiger partial charge in [-0.3, -0.25) is 9.59 Å². The van der Waals surface area contributed by atoms with Crippen LogP contribution in [0, 0.1) is 24.2 Å². The SMILES string of the molecule is CC(=O)NC12CC3CC(C1)CC(C(=O)OCc1nc(-c4ccc(C)cc4)no1)(C3)C2. The molecule has 1 aromatic carbocycles. The first-order valence-corrected chi connectivity index (χ1v) is 10.7. The minimum atomic E-state index is -0.508. The van der Waals surface area contributed by atoms with Crippen LogP contribution in [0.15, 0.2) is 28.8 Å². The fourth-order valence-corrected chi connectivity index (χ4v) is 6.43. The van der Waals surface area contributed by atoms with Crippen LogP contribution in [0.2, 0.25) is 0 Å². The van der Waals surface area contributed by atoms with Gasteiger partial charge in [-0.1, -0.05) is 35.0 Å². The smallest absolute Gasteiger partial charge is 0.312 e. The van der Waals surface area contributed by atoms with Crippen molar-refractivity contribution in [3.05, 3.63) is 35.7 Å². The van der Waals surface area contributed by atoms with E-state index in [2.05, 4.69) is 15.5 Å². The fraction of sp³-hybridized carbons (Fsp3) is 0.565. The van der Waals surface area contributed by atoms with E-state index in [1.807, 2.05) is 31.2 Å². The second-order valence-corrected chi connectivity index (χ2v) is 9.66. The van der Waals surface area contributed by atoms with E-state index in [0.29, 0.717) is 30.0 Å². The van der Waals surface area contributed by atoms with Gasteiger partial charge in [0.25, 0.3) is 5.89 Å². The Morgan fingerprint density at radius 3 is 2.53 bits per heavy atom. The molecule has 0 radical (unpaired) electrons. The normalized spacial score (nSPS) is 31.5. The minimum absolute atomic E-state index is 0.0186. The Hall–Kier alpha value is -2.70. The summed E-state index contributed by atoms with van der Waals surface area (Å²) in [5.41, 5.74) is 1.26. The number of carbonyl (C=O) groups excluding carboxylic acids is 2. The maximum atomic E-state index is 13.2. The van der Waals surface area contributed by atoms with Gasteiger partial charge in [0.1, 0.15) is 0 Å². The van der Waals surface area contributed by atoms with Crippen LogP contribution in [-0.2, 0) is 20.9 Å². The molecule has 4 bridgehead atoms. The fourth-order valence-electron chi connectivity index (χ4n) is 6.43. The molecule has 7 heteroatoms. The number of benzene rings is 1. The summed E-state index contributed by atoms with van der Waals surface area (Å²) in [4.78, 5) is 29.4. The largest absolute Gasteiger partial charge is 0.455 e. The summed E-state index contributed by atoms with van der Waals surface area (Å²) in [6.45, 7) is 3.55. The molecule has 2 atom stereocenters. The first-order chi connectivity index (χ1) is 14.3. The van der Waals surface area contributed by atoms with Crippen LogP contribution in [0.25, 0.3) is 11.4 Å². The van der Waals surface area contributed by atoms with Gasteiger partial charge in [-0.15, -0.1) is 0 Å². The third-order valence-corrected chi connectivity index (χ3v) is 7.04.